The first-order chi connectivity index (χ1) is 12.5. The smallest absolute Gasteiger partial charge is 0.330 e. The SMILES string of the molecule is CCCCn1c(=O)[nH]c(=O)c2c1nc(COC(=O)[C@@H]1CC=CCC1)n2C. The highest BCUT2D eigenvalue weighted by atomic mass is 16.5. The molecule has 1 aliphatic carbocycles. The number of allylic oxidation sites excluding steroid dienone is 2. The molecule has 0 saturated heterocycles. The van der Waals surface area contributed by atoms with E-state index in [2.05, 4.69) is 16.0 Å². The molecular formula is C18H24N4O4. The summed E-state index contributed by atoms with van der Waals surface area (Å²) in [7, 11) is 1.69. The van der Waals surface area contributed by atoms with E-state index < -0.39 is 11.2 Å². The van der Waals surface area contributed by atoms with Gasteiger partial charge in [-0.15, -0.1) is 0 Å². The number of esters is 1. The summed E-state index contributed by atoms with van der Waals surface area (Å²) in [4.78, 5) is 43.3. The number of aromatic nitrogens is 4. The lowest BCUT2D eigenvalue weighted by Gasteiger charge is -2.16. The number of nitrogens with one attached hydrogen (secondary N) is 1. The van der Waals surface area contributed by atoms with Crippen LogP contribution in [-0.2, 0) is 29.7 Å². The molecule has 0 fully saturated rings. The van der Waals surface area contributed by atoms with Crippen LogP contribution in [-0.4, -0.2) is 25.1 Å². The molecule has 3 rings (SSSR count). The van der Waals surface area contributed by atoms with E-state index in [9.17, 15) is 14.4 Å². The molecular weight excluding hydrogens is 336 g/mol. The summed E-state index contributed by atoms with van der Waals surface area (Å²) in [6.07, 6.45) is 8.14. The van der Waals surface area contributed by atoms with E-state index in [0.29, 0.717) is 30.0 Å². The quantitative estimate of drug-likeness (QED) is 0.623. The summed E-state index contributed by atoms with van der Waals surface area (Å²) in [5.41, 5.74) is -0.303. The van der Waals surface area contributed by atoms with Gasteiger partial charge in [0.2, 0.25) is 0 Å². The molecule has 26 heavy (non-hydrogen) atoms. The van der Waals surface area contributed by atoms with Crippen molar-refractivity contribution >= 4 is 17.1 Å². The van der Waals surface area contributed by atoms with Crippen molar-refractivity contribution in [2.24, 2.45) is 13.0 Å². The maximum Gasteiger partial charge on any atom is 0.330 e. The number of fused-ring (bicyclic) bond motifs is 1. The van der Waals surface area contributed by atoms with Crippen molar-refractivity contribution in [3.05, 3.63) is 38.8 Å². The summed E-state index contributed by atoms with van der Waals surface area (Å²) in [6.45, 7) is 2.48. The third-order valence-corrected chi connectivity index (χ3v) is 4.79. The number of rotatable bonds is 6. The Bertz CT molecular complexity index is 950. The molecule has 0 amide bonds. The van der Waals surface area contributed by atoms with Gasteiger partial charge in [-0.2, -0.15) is 0 Å². The van der Waals surface area contributed by atoms with Gasteiger partial charge in [-0.05, 0) is 25.7 Å². The minimum atomic E-state index is -0.484. The van der Waals surface area contributed by atoms with Gasteiger partial charge in [0.15, 0.2) is 11.2 Å². The number of carbonyl (C=O) groups excluding carboxylic acids is 1. The molecule has 140 valence electrons. The molecule has 0 bridgehead atoms. The van der Waals surface area contributed by atoms with Gasteiger partial charge in [-0.25, -0.2) is 9.78 Å². The number of aromatic amines is 1. The summed E-state index contributed by atoms with van der Waals surface area (Å²) in [5.74, 6) is 0.0700. The van der Waals surface area contributed by atoms with E-state index in [1.807, 2.05) is 13.0 Å². The maximum absolute atomic E-state index is 12.2. The van der Waals surface area contributed by atoms with Crippen LogP contribution in [0.4, 0.5) is 0 Å². The van der Waals surface area contributed by atoms with E-state index in [0.717, 1.165) is 25.7 Å². The molecule has 0 aliphatic heterocycles. The second kappa shape index (κ2) is 7.72. The monoisotopic (exact) mass is 360 g/mol. The van der Waals surface area contributed by atoms with Crippen molar-refractivity contribution < 1.29 is 9.53 Å². The maximum atomic E-state index is 12.2. The average molecular weight is 360 g/mol. The van der Waals surface area contributed by atoms with Crippen LogP contribution in [0.5, 0.6) is 0 Å². The van der Waals surface area contributed by atoms with E-state index in [1.165, 1.54) is 4.57 Å². The van der Waals surface area contributed by atoms with Gasteiger partial charge in [0.25, 0.3) is 5.56 Å². The number of imidazole rings is 1. The third kappa shape index (κ3) is 3.49. The van der Waals surface area contributed by atoms with Crippen LogP contribution in [0.25, 0.3) is 11.2 Å². The summed E-state index contributed by atoms with van der Waals surface area (Å²) in [5, 5.41) is 0. The topological polar surface area (TPSA) is 99.0 Å². The minimum absolute atomic E-state index is 0.0222. The van der Waals surface area contributed by atoms with Crippen LogP contribution in [0.2, 0.25) is 0 Å². The fraction of sp³-hybridized carbons (Fsp3) is 0.556. The molecule has 0 spiro atoms. The number of hydrogen-bond donors (Lipinski definition) is 1. The molecule has 2 aromatic heterocycles. The summed E-state index contributed by atoms with van der Waals surface area (Å²) in [6, 6.07) is 0. The van der Waals surface area contributed by atoms with Crippen LogP contribution < -0.4 is 11.2 Å². The standard InChI is InChI=1S/C18H24N4O4/c1-3-4-10-22-15-14(16(23)20-18(22)25)21(2)13(19-15)11-26-17(24)12-8-6-5-7-9-12/h5-6,12H,3-4,7-11H2,1-2H3,(H,20,23,25)/t12-/m1/s1. The highest BCUT2D eigenvalue weighted by Crippen LogP contribution is 2.20. The van der Waals surface area contributed by atoms with Gasteiger partial charge in [0, 0.05) is 13.6 Å². The van der Waals surface area contributed by atoms with Crippen LogP contribution in [0.1, 0.15) is 44.9 Å². The molecule has 0 aromatic carbocycles. The first-order valence-corrected chi connectivity index (χ1v) is 9.03. The van der Waals surface area contributed by atoms with Crippen LogP contribution >= 0.6 is 0 Å². The normalized spacial score (nSPS) is 16.9. The lowest BCUT2D eigenvalue weighted by atomic mass is 9.95. The van der Waals surface area contributed by atoms with Crippen LogP contribution in [0.3, 0.4) is 0 Å². The Morgan fingerprint density at radius 3 is 2.88 bits per heavy atom. The molecule has 0 saturated carbocycles. The van der Waals surface area contributed by atoms with Crippen molar-refractivity contribution in [2.45, 2.75) is 52.2 Å². The Kier molecular flexibility index (Phi) is 5.39. The van der Waals surface area contributed by atoms with Gasteiger partial charge in [-0.3, -0.25) is 19.1 Å². The molecule has 2 aromatic rings. The Hall–Kier alpha value is -2.64. The molecule has 8 nitrogen and oxygen atoms in total. The largest absolute Gasteiger partial charge is 0.457 e. The zero-order chi connectivity index (χ0) is 18.7. The van der Waals surface area contributed by atoms with Crippen molar-refractivity contribution in [1.82, 2.24) is 19.1 Å². The van der Waals surface area contributed by atoms with Gasteiger partial charge < -0.3 is 9.30 Å². The first kappa shape index (κ1) is 18.2. The van der Waals surface area contributed by atoms with E-state index >= 15 is 0 Å². The second-order valence-corrected chi connectivity index (χ2v) is 6.61. The van der Waals surface area contributed by atoms with Gasteiger partial charge in [0.1, 0.15) is 12.4 Å². The minimum Gasteiger partial charge on any atom is -0.457 e. The van der Waals surface area contributed by atoms with Crippen molar-refractivity contribution in [3.63, 3.8) is 0 Å². The number of unbranched alkanes of at least 4 members (excludes halogenated alkanes) is 1. The molecule has 8 heteroatoms. The van der Waals surface area contributed by atoms with E-state index in [-0.39, 0.29) is 18.5 Å². The number of hydrogen-bond acceptors (Lipinski definition) is 5. The number of nitrogens with zero attached hydrogens (tertiary/aromatic N) is 3. The molecule has 2 heterocycles. The predicted octanol–water partition coefficient (Wildman–Crippen LogP) is 1.62. The third-order valence-electron chi connectivity index (χ3n) is 4.79. The zero-order valence-corrected chi connectivity index (χ0v) is 15.2. The zero-order valence-electron chi connectivity index (χ0n) is 15.2. The number of aryl methyl sites for hydroxylation is 2. The average Bonchev–Trinajstić information content (AvgIpc) is 2.97. The summed E-state index contributed by atoms with van der Waals surface area (Å²) >= 11 is 0. The Labute approximate surface area is 150 Å². The molecule has 1 N–H and O–H groups in total. The predicted molar refractivity (Wildman–Crippen MR) is 96.8 cm³/mol. The molecule has 0 unspecified atom stereocenters. The van der Waals surface area contributed by atoms with Crippen molar-refractivity contribution in [2.75, 3.05) is 0 Å². The fourth-order valence-electron chi connectivity index (χ4n) is 3.21. The second-order valence-electron chi connectivity index (χ2n) is 6.61. The molecule has 0 radical (unpaired) electrons. The fourth-order valence-corrected chi connectivity index (χ4v) is 3.21. The van der Waals surface area contributed by atoms with Crippen molar-refractivity contribution in [1.29, 1.82) is 0 Å². The Morgan fingerprint density at radius 1 is 1.38 bits per heavy atom. The van der Waals surface area contributed by atoms with E-state index in [4.69, 9.17) is 4.74 Å². The number of H-pyrrole nitrogens is 1. The lowest BCUT2D eigenvalue weighted by molar-refractivity contribution is -0.150. The summed E-state index contributed by atoms with van der Waals surface area (Å²) < 4.78 is 8.47. The number of carbonyl (C=O) groups is 1. The lowest BCUT2D eigenvalue weighted by Crippen LogP contribution is -2.31. The Morgan fingerprint density at radius 2 is 2.19 bits per heavy atom. The first-order valence-electron chi connectivity index (χ1n) is 9.03. The Balaban J connectivity index is 1.87. The highest BCUT2D eigenvalue weighted by Gasteiger charge is 2.22. The van der Waals surface area contributed by atoms with Gasteiger partial charge in [0.05, 0.1) is 5.92 Å². The molecule has 1 aliphatic rings. The van der Waals surface area contributed by atoms with Crippen molar-refractivity contribution in [3.8, 4) is 0 Å². The molecule has 1 atom stereocenters. The van der Waals surface area contributed by atoms with E-state index in [1.54, 1.807) is 11.6 Å². The van der Waals surface area contributed by atoms with Crippen LogP contribution in [0, 0.1) is 5.92 Å². The van der Waals surface area contributed by atoms with Crippen LogP contribution in [0.15, 0.2) is 21.7 Å². The highest BCUT2D eigenvalue weighted by molar-refractivity contribution is 5.73. The van der Waals surface area contributed by atoms with Gasteiger partial charge in [-0.1, -0.05) is 25.5 Å². The number of ether oxygens (including phenoxy) is 1. The van der Waals surface area contributed by atoms with Gasteiger partial charge >= 0.3 is 11.7 Å².